The van der Waals surface area contributed by atoms with Gasteiger partial charge in [0.1, 0.15) is 5.82 Å². The van der Waals surface area contributed by atoms with Gasteiger partial charge in [0.2, 0.25) is 0 Å². The van der Waals surface area contributed by atoms with Gasteiger partial charge in [-0.2, -0.15) is 0 Å². The summed E-state index contributed by atoms with van der Waals surface area (Å²) in [7, 11) is 0. The van der Waals surface area contributed by atoms with Crippen LogP contribution in [0.3, 0.4) is 0 Å². The van der Waals surface area contributed by atoms with E-state index in [1.165, 1.54) is 0 Å². The Kier molecular flexibility index (Phi) is 3.52. The molecule has 0 aliphatic carbocycles. The first-order valence-corrected chi connectivity index (χ1v) is 7.47. The van der Waals surface area contributed by atoms with Crippen LogP contribution in [0.5, 0.6) is 0 Å². The molecule has 3 rings (SSSR count). The number of hydrogen-bond donors (Lipinski definition) is 2. The molecule has 1 aliphatic rings. The Bertz CT molecular complexity index is 540. The van der Waals surface area contributed by atoms with Crippen LogP contribution in [0.2, 0.25) is 0 Å². The predicted octanol–water partition coefficient (Wildman–Crippen LogP) is 2.48. The van der Waals surface area contributed by atoms with Crippen LogP contribution in [0.1, 0.15) is 38.4 Å². The van der Waals surface area contributed by atoms with Gasteiger partial charge < -0.3 is 15.6 Å². The number of nitrogens with two attached hydrogens (primary N) is 1. The minimum Gasteiger partial charge on any atom is -0.342 e. The van der Waals surface area contributed by atoms with Gasteiger partial charge in [0.25, 0.3) is 0 Å². The summed E-state index contributed by atoms with van der Waals surface area (Å²) in [5, 5.41) is 0. The number of imidazole rings is 1. The van der Waals surface area contributed by atoms with Crippen LogP contribution in [0.25, 0.3) is 11.0 Å². The van der Waals surface area contributed by atoms with Crippen LogP contribution in [0.15, 0.2) is 24.3 Å². The molecule has 0 radical (unpaired) electrons. The highest BCUT2D eigenvalue weighted by Crippen LogP contribution is 2.28. The summed E-state index contributed by atoms with van der Waals surface area (Å²) in [5.74, 6) is 1.71. The largest absolute Gasteiger partial charge is 0.342 e. The molecule has 2 aromatic rings. The van der Waals surface area contributed by atoms with Crippen molar-refractivity contribution in [1.29, 1.82) is 0 Å². The number of H-pyrrole nitrogens is 1. The standard InChI is InChI=1S/C16H24N4/c1-16(2,17)11-20-9-7-12(8-10-20)15-18-13-5-3-4-6-14(13)19-15/h3-6,12H,7-11,17H2,1-2H3,(H,18,19). The maximum Gasteiger partial charge on any atom is 0.110 e. The molecular formula is C16H24N4. The van der Waals surface area contributed by atoms with Crippen molar-refractivity contribution in [2.75, 3.05) is 19.6 Å². The highest BCUT2D eigenvalue weighted by Gasteiger charge is 2.25. The average molecular weight is 272 g/mol. The normalized spacial score (nSPS) is 18.8. The Labute approximate surface area is 120 Å². The van der Waals surface area contributed by atoms with E-state index in [0.29, 0.717) is 5.92 Å². The predicted molar refractivity (Wildman–Crippen MR) is 82.8 cm³/mol. The van der Waals surface area contributed by atoms with Gasteiger partial charge in [-0.3, -0.25) is 0 Å². The summed E-state index contributed by atoms with van der Waals surface area (Å²) in [6.07, 6.45) is 2.33. The number of fused-ring (bicyclic) bond motifs is 1. The second kappa shape index (κ2) is 5.19. The number of para-hydroxylation sites is 2. The monoisotopic (exact) mass is 272 g/mol. The first kappa shape index (κ1) is 13.6. The molecule has 4 nitrogen and oxygen atoms in total. The first-order chi connectivity index (χ1) is 9.51. The number of aromatic amines is 1. The van der Waals surface area contributed by atoms with E-state index in [0.717, 1.165) is 49.3 Å². The molecule has 1 aromatic carbocycles. The SMILES string of the molecule is CC(C)(N)CN1CCC(c2nc3ccccc3[nH]2)CC1. The number of hydrogen-bond acceptors (Lipinski definition) is 3. The second-order valence-corrected chi connectivity index (χ2v) is 6.68. The number of likely N-dealkylation sites (tertiary alicyclic amines) is 1. The molecule has 0 amide bonds. The minimum atomic E-state index is -0.105. The maximum atomic E-state index is 6.10. The zero-order valence-electron chi connectivity index (χ0n) is 12.4. The molecule has 1 saturated heterocycles. The lowest BCUT2D eigenvalue weighted by atomic mass is 9.94. The summed E-state index contributed by atoms with van der Waals surface area (Å²) >= 11 is 0. The zero-order valence-corrected chi connectivity index (χ0v) is 12.4. The molecule has 0 saturated carbocycles. The highest BCUT2D eigenvalue weighted by atomic mass is 15.1. The van der Waals surface area contributed by atoms with E-state index >= 15 is 0 Å². The third-order valence-corrected chi connectivity index (χ3v) is 4.01. The smallest absolute Gasteiger partial charge is 0.110 e. The van der Waals surface area contributed by atoms with Crippen molar-refractivity contribution in [3.63, 3.8) is 0 Å². The number of nitrogens with zero attached hydrogens (tertiary/aromatic N) is 2. The van der Waals surface area contributed by atoms with E-state index in [4.69, 9.17) is 10.7 Å². The van der Waals surface area contributed by atoms with Gasteiger partial charge in [0, 0.05) is 18.0 Å². The summed E-state index contributed by atoms with van der Waals surface area (Å²) in [4.78, 5) is 10.7. The van der Waals surface area contributed by atoms with E-state index in [9.17, 15) is 0 Å². The molecule has 108 valence electrons. The number of nitrogens with one attached hydrogen (secondary N) is 1. The van der Waals surface area contributed by atoms with Gasteiger partial charge in [0.15, 0.2) is 0 Å². The van der Waals surface area contributed by atoms with Crippen molar-refractivity contribution in [2.24, 2.45) is 5.73 Å². The maximum absolute atomic E-state index is 6.10. The van der Waals surface area contributed by atoms with Crippen molar-refractivity contribution in [3.8, 4) is 0 Å². The average Bonchev–Trinajstić information content (AvgIpc) is 2.81. The first-order valence-electron chi connectivity index (χ1n) is 7.47. The minimum absolute atomic E-state index is 0.105. The quantitative estimate of drug-likeness (QED) is 0.902. The second-order valence-electron chi connectivity index (χ2n) is 6.68. The number of piperidine rings is 1. The van der Waals surface area contributed by atoms with E-state index in [2.05, 4.69) is 41.9 Å². The van der Waals surface area contributed by atoms with Gasteiger partial charge in [-0.15, -0.1) is 0 Å². The topological polar surface area (TPSA) is 57.9 Å². The number of benzene rings is 1. The third kappa shape index (κ3) is 3.02. The van der Waals surface area contributed by atoms with Crippen molar-refractivity contribution in [2.45, 2.75) is 38.1 Å². The highest BCUT2D eigenvalue weighted by molar-refractivity contribution is 5.74. The van der Waals surface area contributed by atoms with Crippen LogP contribution >= 0.6 is 0 Å². The molecule has 1 fully saturated rings. The van der Waals surface area contributed by atoms with Crippen molar-refractivity contribution < 1.29 is 0 Å². The van der Waals surface area contributed by atoms with Crippen LogP contribution in [-0.2, 0) is 0 Å². The Morgan fingerprint density at radius 1 is 1.30 bits per heavy atom. The Hall–Kier alpha value is -1.39. The molecule has 0 bridgehead atoms. The lowest BCUT2D eigenvalue weighted by Gasteiger charge is -2.35. The van der Waals surface area contributed by atoms with Crippen LogP contribution in [-0.4, -0.2) is 40.0 Å². The number of rotatable bonds is 3. The van der Waals surface area contributed by atoms with Gasteiger partial charge >= 0.3 is 0 Å². The molecule has 1 aromatic heterocycles. The number of aromatic nitrogens is 2. The summed E-state index contributed by atoms with van der Waals surface area (Å²) in [5.41, 5.74) is 8.22. The van der Waals surface area contributed by atoms with Crippen molar-refractivity contribution in [3.05, 3.63) is 30.1 Å². The molecule has 2 heterocycles. The Balaban J connectivity index is 1.66. The van der Waals surface area contributed by atoms with Gasteiger partial charge in [-0.25, -0.2) is 4.98 Å². The lowest BCUT2D eigenvalue weighted by Crippen LogP contribution is -2.47. The molecule has 4 heteroatoms. The van der Waals surface area contributed by atoms with Crippen LogP contribution in [0, 0.1) is 0 Å². The summed E-state index contributed by atoms with van der Waals surface area (Å²) < 4.78 is 0. The molecule has 3 N–H and O–H groups in total. The van der Waals surface area contributed by atoms with E-state index in [-0.39, 0.29) is 5.54 Å². The van der Waals surface area contributed by atoms with Crippen molar-refractivity contribution >= 4 is 11.0 Å². The Morgan fingerprint density at radius 3 is 2.65 bits per heavy atom. The third-order valence-electron chi connectivity index (χ3n) is 4.01. The van der Waals surface area contributed by atoms with E-state index in [1.807, 2.05) is 6.07 Å². The summed E-state index contributed by atoms with van der Waals surface area (Å²) in [6.45, 7) is 7.39. The summed E-state index contributed by atoms with van der Waals surface area (Å²) in [6, 6.07) is 8.26. The van der Waals surface area contributed by atoms with Gasteiger partial charge in [-0.1, -0.05) is 12.1 Å². The molecular weight excluding hydrogens is 248 g/mol. The molecule has 20 heavy (non-hydrogen) atoms. The van der Waals surface area contributed by atoms with Crippen LogP contribution in [0.4, 0.5) is 0 Å². The lowest BCUT2D eigenvalue weighted by molar-refractivity contribution is 0.177. The molecule has 0 unspecified atom stereocenters. The fourth-order valence-electron chi connectivity index (χ4n) is 3.11. The van der Waals surface area contributed by atoms with E-state index < -0.39 is 0 Å². The zero-order chi connectivity index (χ0) is 14.2. The molecule has 1 aliphatic heterocycles. The fourth-order valence-corrected chi connectivity index (χ4v) is 3.11. The Morgan fingerprint density at radius 2 is 2.00 bits per heavy atom. The van der Waals surface area contributed by atoms with Crippen LogP contribution < -0.4 is 5.73 Å². The van der Waals surface area contributed by atoms with E-state index in [1.54, 1.807) is 0 Å². The molecule has 0 spiro atoms. The van der Waals surface area contributed by atoms with Gasteiger partial charge in [0.05, 0.1) is 11.0 Å². The molecule has 0 atom stereocenters. The fraction of sp³-hybridized carbons (Fsp3) is 0.562. The van der Waals surface area contributed by atoms with Gasteiger partial charge in [-0.05, 0) is 51.9 Å². The van der Waals surface area contributed by atoms with Crippen molar-refractivity contribution in [1.82, 2.24) is 14.9 Å².